The number of carbonyl (C=O) groups excluding carboxylic acids is 2. The highest BCUT2D eigenvalue weighted by molar-refractivity contribution is 7.84. The Morgan fingerprint density at radius 3 is 2.63 bits per heavy atom. The van der Waals surface area contributed by atoms with E-state index in [0.717, 1.165) is 30.0 Å². The Bertz CT molecular complexity index is 1340. The molecule has 4 rings (SSSR count). The number of nitrogens with one attached hydrogen (secondary N) is 2. The number of halogens is 4. The molecular formula is C25H25F4N5O3S. The maximum absolute atomic E-state index is 13.4. The van der Waals surface area contributed by atoms with Crippen LogP contribution in [0.25, 0.3) is 11.1 Å². The van der Waals surface area contributed by atoms with Gasteiger partial charge in [-0.1, -0.05) is 11.8 Å². The number of rotatable bonds is 8. The van der Waals surface area contributed by atoms with Crippen LogP contribution in [-0.2, 0) is 11.2 Å². The summed E-state index contributed by atoms with van der Waals surface area (Å²) in [6.45, 7) is -1.38. The second-order valence-electron chi connectivity index (χ2n) is 8.79. The largest absolute Gasteiger partial charge is 0.494 e. The first-order chi connectivity index (χ1) is 18.1. The third-order valence-electron chi connectivity index (χ3n) is 5.73. The summed E-state index contributed by atoms with van der Waals surface area (Å²) in [7, 11) is 1.31. The monoisotopic (exact) mass is 551 g/mol. The number of methoxy groups -OCH3 is 1. The second kappa shape index (κ2) is 11.3. The third-order valence-corrected chi connectivity index (χ3v) is 5.97. The maximum atomic E-state index is 13.4. The first kappa shape index (κ1) is 27.3. The zero-order chi connectivity index (χ0) is 27.4. The molecule has 0 aromatic carbocycles. The number of nitrogens with zero attached hydrogens (tertiary/aromatic N) is 3. The van der Waals surface area contributed by atoms with Crippen LogP contribution in [-0.4, -0.2) is 52.8 Å². The average Bonchev–Trinajstić information content (AvgIpc) is 3.70. The molecule has 202 valence electrons. The lowest BCUT2D eigenvalue weighted by atomic mass is 9.98. The maximum Gasteiger partial charge on any atom is 0.282 e. The van der Waals surface area contributed by atoms with Crippen LogP contribution in [0.1, 0.15) is 42.4 Å². The van der Waals surface area contributed by atoms with Crippen LogP contribution in [0.5, 0.6) is 5.75 Å². The minimum absolute atomic E-state index is 0. The minimum Gasteiger partial charge on any atom is -0.494 e. The Kier molecular flexibility index (Phi) is 8.11. The Labute approximate surface area is 222 Å². The summed E-state index contributed by atoms with van der Waals surface area (Å²) in [5.74, 6) is 2.13. The number of carbonyl (C=O) groups is 2. The number of amides is 2. The smallest absolute Gasteiger partial charge is 0.282 e. The molecule has 1 saturated heterocycles. The molecule has 0 atom stereocenters. The molecule has 1 aliphatic carbocycles. The number of aromatic nitrogens is 2. The number of allylic oxidation sites excluding steroid dienone is 1. The van der Waals surface area contributed by atoms with Crippen molar-refractivity contribution >= 4 is 24.4 Å². The van der Waals surface area contributed by atoms with Crippen molar-refractivity contribution in [3.8, 4) is 28.7 Å². The molecule has 1 aliphatic heterocycles. The summed E-state index contributed by atoms with van der Waals surface area (Å²) in [5, 5.41) is 0. The molecule has 2 aliphatic rings. The second-order valence-corrected chi connectivity index (χ2v) is 9.27. The van der Waals surface area contributed by atoms with Crippen molar-refractivity contribution < 1.29 is 33.3 Å². The van der Waals surface area contributed by atoms with Crippen molar-refractivity contribution in [1.82, 2.24) is 25.7 Å². The number of thiol groups is 1. The molecule has 13 heteroatoms. The summed E-state index contributed by atoms with van der Waals surface area (Å²) < 4.78 is 58.5. The van der Waals surface area contributed by atoms with Crippen molar-refractivity contribution in [3.63, 3.8) is 0 Å². The average molecular weight is 552 g/mol. The summed E-state index contributed by atoms with van der Waals surface area (Å²) >= 11 is 4.23. The summed E-state index contributed by atoms with van der Waals surface area (Å²) in [5.41, 5.74) is 4.81. The van der Waals surface area contributed by atoms with Gasteiger partial charge in [0.15, 0.2) is 0 Å². The van der Waals surface area contributed by atoms with Crippen LogP contribution < -0.4 is 15.6 Å². The molecule has 2 aromatic heterocycles. The van der Waals surface area contributed by atoms with E-state index in [1.54, 1.807) is 0 Å². The number of hydrogen-bond donors (Lipinski definition) is 3. The van der Waals surface area contributed by atoms with E-state index in [-0.39, 0.29) is 36.0 Å². The standard InChI is InChI=1S/C25H23F4N5O3S.H2/c1-37-21-11-31-20(23(26)27)8-18(21)17-6-15(7-22(35)34-12-25(28,29)13-34)30-10-19(17)24(36)33-32-9-16(38)5-4-14-2-3-14;/h6,8-11,14,23,32,38H,2-3,7,12-13H2,1H3,(H,33,36);1H/b16-9-;. The summed E-state index contributed by atoms with van der Waals surface area (Å²) in [4.78, 5) is 34.6. The molecule has 0 radical (unpaired) electrons. The van der Waals surface area contributed by atoms with E-state index in [2.05, 4.69) is 45.3 Å². The van der Waals surface area contributed by atoms with E-state index in [4.69, 9.17) is 4.74 Å². The predicted octanol–water partition coefficient (Wildman–Crippen LogP) is 3.77. The van der Waals surface area contributed by atoms with Gasteiger partial charge in [0.2, 0.25) is 5.91 Å². The lowest BCUT2D eigenvalue weighted by molar-refractivity contribution is -0.165. The fourth-order valence-electron chi connectivity index (χ4n) is 3.58. The van der Waals surface area contributed by atoms with Gasteiger partial charge in [0.05, 0.1) is 49.0 Å². The van der Waals surface area contributed by atoms with Gasteiger partial charge in [-0.15, -0.1) is 12.6 Å². The molecule has 2 amide bonds. The molecule has 2 N–H and O–H groups in total. The van der Waals surface area contributed by atoms with Gasteiger partial charge in [-0.25, -0.2) is 17.6 Å². The fraction of sp³-hybridized carbons (Fsp3) is 0.360. The van der Waals surface area contributed by atoms with Crippen molar-refractivity contribution in [2.24, 2.45) is 5.92 Å². The molecule has 0 unspecified atom stereocenters. The van der Waals surface area contributed by atoms with E-state index in [0.29, 0.717) is 10.8 Å². The number of hydrazine groups is 1. The summed E-state index contributed by atoms with van der Waals surface area (Å²) in [6.07, 6.45) is 2.51. The van der Waals surface area contributed by atoms with Crippen LogP contribution in [0.4, 0.5) is 17.6 Å². The Hall–Kier alpha value is -3.79. The number of ether oxygens (including phenoxy) is 1. The lowest BCUT2D eigenvalue weighted by Gasteiger charge is -2.38. The van der Waals surface area contributed by atoms with Gasteiger partial charge in [-0.2, -0.15) is 0 Å². The summed E-state index contributed by atoms with van der Waals surface area (Å²) in [6, 6.07) is 2.43. The normalized spacial score (nSPS) is 16.3. The van der Waals surface area contributed by atoms with Gasteiger partial charge < -0.3 is 15.1 Å². The van der Waals surface area contributed by atoms with Gasteiger partial charge in [0.25, 0.3) is 18.3 Å². The zero-order valence-corrected chi connectivity index (χ0v) is 21.0. The van der Waals surface area contributed by atoms with E-state index in [9.17, 15) is 27.2 Å². The number of hydrogen-bond acceptors (Lipinski definition) is 7. The van der Waals surface area contributed by atoms with Gasteiger partial charge in [0.1, 0.15) is 11.4 Å². The topological polar surface area (TPSA) is 96.5 Å². The predicted molar refractivity (Wildman–Crippen MR) is 134 cm³/mol. The van der Waals surface area contributed by atoms with E-state index in [1.807, 2.05) is 0 Å². The van der Waals surface area contributed by atoms with Gasteiger partial charge in [-0.05, 0) is 25.0 Å². The highest BCUT2D eigenvalue weighted by Gasteiger charge is 2.46. The molecule has 1 saturated carbocycles. The van der Waals surface area contributed by atoms with Crippen LogP contribution >= 0.6 is 12.6 Å². The third kappa shape index (κ3) is 6.74. The minimum atomic E-state index is -2.93. The number of alkyl halides is 4. The molecule has 0 spiro atoms. The first-order valence-electron chi connectivity index (χ1n) is 11.5. The Morgan fingerprint density at radius 2 is 2.00 bits per heavy atom. The highest BCUT2D eigenvalue weighted by Crippen LogP contribution is 2.35. The number of likely N-dealkylation sites (tertiary alicyclic amines) is 1. The van der Waals surface area contributed by atoms with E-state index < -0.39 is 42.9 Å². The molecule has 2 aromatic rings. The molecule has 3 heterocycles. The molecule has 38 heavy (non-hydrogen) atoms. The Balaban J connectivity index is 0.00000420. The molecule has 8 nitrogen and oxygen atoms in total. The number of pyridine rings is 2. The van der Waals surface area contributed by atoms with Crippen LogP contribution in [0.3, 0.4) is 0 Å². The van der Waals surface area contributed by atoms with E-state index >= 15 is 0 Å². The van der Waals surface area contributed by atoms with Gasteiger partial charge >= 0.3 is 0 Å². The van der Waals surface area contributed by atoms with Crippen LogP contribution in [0.15, 0.2) is 35.6 Å². The van der Waals surface area contributed by atoms with Gasteiger partial charge in [-0.3, -0.25) is 25.0 Å². The van der Waals surface area contributed by atoms with Crippen molar-refractivity contribution in [1.29, 1.82) is 0 Å². The Morgan fingerprint density at radius 1 is 1.26 bits per heavy atom. The lowest BCUT2D eigenvalue weighted by Crippen LogP contribution is -2.58. The molecule has 2 fully saturated rings. The fourth-order valence-corrected chi connectivity index (χ4v) is 3.71. The van der Waals surface area contributed by atoms with Crippen molar-refractivity contribution in [2.45, 2.75) is 31.6 Å². The highest BCUT2D eigenvalue weighted by atomic mass is 32.1. The SMILES string of the molecule is COc1cnc(C(F)F)cc1-c1cc(CC(=O)N2CC(F)(F)C2)ncc1C(=O)NN/C=C(\S)C#CC1CC1.[HH]. The quantitative estimate of drug-likeness (QED) is 0.200. The zero-order valence-electron chi connectivity index (χ0n) is 20.1. The van der Waals surface area contributed by atoms with Crippen LogP contribution in [0, 0.1) is 17.8 Å². The first-order valence-corrected chi connectivity index (χ1v) is 11.9. The van der Waals surface area contributed by atoms with E-state index in [1.165, 1.54) is 25.6 Å². The van der Waals surface area contributed by atoms with Gasteiger partial charge in [0, 0.05) is 30.9 Å². The van der Waals surface area contributed by atoms with Crippen molar-refractivity contribution in [3.05, 3.63) is 52.6 Å². The van der Waals surface area contributed by atoms with Crippen molar-refractivity contribution in [2.75, 3.05) is 20.2 Å². The van der Waals surface area contributed by atoms with Crippen LogP contribution in [0.2, 0.25) is 0 Å². The molecular weight excluding hydrogens is 526 g/mol. The molecule has 0 bridgehead atoms.